The predicted octanol–water partition coefficient (Wildman–Crippen LogP) is 4.82. The highest BCUT2D eigenvalue weighted by molar-refractivity contribution is 6.35. The Bertz CT molecular complexity index is 948. The number of rotatable bonds is 6. The Labute approximate surface area is 171 Å². The van der Waals surface area contributed by atoms with Gasteiger partial charge in [-0.3, -0.25) is 9.48 Å². The largest absolute Gasteiger partial charge is 0.484 e. The van der Waals surface area contributed by atoms with Gasteiger partial charge in [0.2, 0.25) is 0 Å². The Morgan fingerprint density at radius 1 is 1.22 bits per heavy atom. The first-order chi connectivity index (χ1) is 12.8. The van der Waals surface area contributed by atoms with Crippen LogP contribution in [0.25, 0.3) is 0 Å². The number of amides is 1. The van der Waals surface area contributed by atoms with Gasteiger partial charge >= 0.3 is 0 Å². The molecule has 0 fully saturated rings. The Balaban J connectivity index is 1.63. The van der Waals surface area contributed by atoms with Gasteiger partial charge in [-0.2, -0.15) is 5.10 Å². The van der Waals surface area contributed by atoms with E-state index in [-0.39, 0.29) is 18.3 Å². The molecule has 9 heteroatoms. The van der Waals surface area contributed by atoms with Gasteiger partial charge in [-0.1, -0.05) is 34.8 Å². The third-order valence-electron chi connectivity index (χ3n) is 3.88. The van der Waals surface area contributed by atoms with Gasteiger partial charge in [-0.05, 0) is 30.3 Å². The smallest absolute Gasteiger partial charge is 0.289 e. The van der Waals surface area contributed by atoms with Gasteiger partial charge in [0.25, 0.3) is 5.91 Å². The highest BCUT2D eigenvalue weighted by Gasteiger charge is 2.19. The number of hydrogen-bond acceptors (Lipinski definition) is 4. The Morgan fingerprint density at radius 2 is 2.00 bits per heavy atom. The van der Waals surface area contributed by atoms with Crippen LogP contribution in [0, 0.1) is 0 Å². The van der Waals surface area contributed by atoms with Gasteiger partial charge in [-0.25, -0.2) is 0 Å². The van der Waals surface area contributed by atoms with Crippen LogP contribution < -0.4 is 4.74 Å². The summed E-state index contributed by atoms with van der Waals surface area (Å²) in [4.78, 5) is 14.1. The molecule has 0 atom stereocenters. The van der Waals surface area contributed by atoms with E-state index in [1.807, 2.05) is 0 Å². The Morgan fingerprint density at radius 3 is 2.67 bits per heavy atom. The molecule has 27 heavy (non-hydrogen) atoms. The fourth-order valence-electron chi connectivity index (χ4n) is 2.41. The van der Waals surface area contributed by atoms with E-state index in [0.717, 1.165) is 5.69 Å². The molecule has 1 aromatic carbocycles. The maximum absolute atomic E-state index is 12.6. The van der Waals surface area contributed by atoms with Crippen molar-refractivity contribution in [3.8, 4) is 5.75 Å². The minimum absolute atomic E-state index is 0.131. The van der Waals surface area contributed by atoms with Crippen molar-refractivity contribution in [2.45, 2.75) is 13.2 Å². The number of ether oxygens (including phenoxy) is 1. The summed E-state index contributed by atoms with van der Waals surface area (Å²) in [5.74, 6) is 0.907. The van der Waals surface area contributed by atoms with E-state index in [1.165, 1.54) is 4.90 Å². The fourth-order valence-corrected chi connectivity index (χ4v) is 3.10. The third-order valence-corrected chi connectivity index (χ3v) is 4.73. The molecule has 0 aliphatic rings. The van der Waals surface area contributed by atoms with Crippen molar-refractivity contribution in [2.24, 2.45) is 7.05 Å². The second kappa shape index (κ2) is 8.25. The minimum atomic E-state index is -0.275. The standard InChI is InChI=1S/C18H16Cl3N3O3/c1-23(9-15-14(21)8-22-24(15)2)18(25)17-6-4-12(27-17)10-26-16-5-3-11(19)7-13(16)20/h3-8H,9-10H2,1-2H3. The lowest BCUT2D eigenvalue weighted by Crippen LogP contribution is -2.27. The van der Waals surface area contributed by atoms with Crippen molar-refractivity contribution in [1.82, 2.24) is 14.7 Å². The lowest BCUT2D eigenvalue weighted by atomic mass is 10.3. The third kappa shape index (κ3) is 4.58. The molecule has 0 aliphatic carbocycles. The maximum Gasteiger partial charge on any atom is 0.289 e. The molecule has 0 spiro atoms. The molecule has 6 nitrogen and oxygen atoms in total. The van der Waals surface area contributed by atoms with Crippen LogP contribution in [0.3, 0.4) is 0 Å². The van der Waals surface area contributed by atoms with E-state index in [4.69, 9.17) is 44.0 Å². The van der Waals surface area contributed by atoms with Crippen molar-refractivity contribution in [2.75, 3.05) is 7.05 Å². The number of benzene rings is 1. The molecular weight excluding hydrogens is 413 g/mol. The van der Waals surface area contributed by atoms with Gasteiger partial charge in [0.05, 0.1) is 28.5 Å². The summed E-state index contributed by atoms with van der Waals surface area (Å²) in [6.07, 6.45) is 1.54. The molecule has 0 radical (unpaired) electrons. The molecule has 2 heterocycles. The van der Waals surface area contributed by atoms with Crippen LogP contribution in [-0.4, -0.2) is 27.6 Å². The average molecular weight is 429 g/mol. The van der Waals surface area contributed by atoms with E-state index < -0.39 is 0 Å². The highest BCUT2D eigenvalue weighted by atomic mass is 35.5. The molecule has 0 unspecified atom stereocenters. The summed E-state index contributed by atoms with van der Waals surface area (Å²) in [7, 11) is 3.43. The zero-order chi connectivity index (χ0) is 19.6. The molecule has 2 aromatic heterocycles. The molecule has 0 saturated heterocycles. The molecule has 0 bridgehead atoms. The molecule has 3 aromatic rings. The van der Waals surface area contributed by atoms with Crippen molar-refractivity contribution in [3.63, 3.8) is 0 Å². The molecule has 142 valence electrons. The summed E-state index contributed by atoms with van der Waals surface area (Å²) in [6, 6.07) is 8.23. The number of nitrogens with zero attached hydrogens (tertiary/aromatic N) is 3. The normalized spacial score (nSPS) is 10.9. The van der Waals surface area contributed by atoms with E-state index in [9.17, 15) is 4.79 Å². The Kier molecular flexibility index (Phi) is 5.99. The number of aryl methyl sites for hydroxylation is 1. The summed E-state index contributed by atoms with van der Waals surface area (Å²) in [5.41, 5.74) is 0.736. The minimum Gasteiger partial charge on any atom is -0.484 e. The monoisotopic (exact) mass is 427 g/mol. The summed E-state index contributed by atoms with van der Waals surface area (Å²) in [6.45, 7) is 0.437. The van der Waals surface area contributed by atoms with E-state index in [0.29, 0.717) is 33.1 Å². The molecular formula is C18H16Cl3N3O3. The first kappa shape index (κ1) is 19.6. The van der Waals surface area contributed by atoms with Crippen LogP contribution >= 0.6 is 34.8 Å². The van der Waals surface area contributed by atoms with E-state index in [2.05, 4.69) is 5.10 Å². The predicted molar refractivity (Wildman–Crippen MR) is 104 cm³/mol. The molecule has 0 aliphatic heterocycles. The zero-order valence-corrected chi connectivity index (χ0v) is 16.8. The topological polar surface area (TPSA) is 60.5 Å². The van der Waals surface area contributed by atoms with Crippen LogP contribution in [0.15, 0.2) is 40.9 Å². The second-order valence-corrected chi connectivity index (χ2v) is 7.10. The SMILES string of the molecule is CN(Cc1c(Cl)cnn1C)C(=O)c1ccc(COc2ccc(Cl)cc2Cl)o1. The first-order valence-electron chi connectivity index (χ1n) is 7.93. The van der Waals surface area contributed by atoms with Gasteiger partial charge < -0.3 is 14.1 Å². The second-order valence-electron chi connectivity index (χ2n) is 5.85. The van der Waals surface area contributed by atoms with Crippen molar-refractivity contribution in [1.29, 1.82) is 0 Å². The van der Waals surface area contributed by atoms with Crippen LogP contribution in [0.2, 0.25) is 15.1 Å². The maximum atomic E-state index is 12.6. The molecule has 0 saturated carbocycles. The lowest BCUT2D eigenvalue weighted by molar-refractivity contribution is 0.0746. The van der Waals surface area contributed by atoms with Crippen LogP contribution in [-0.2, 0) is 20.2 Å². The number of halogens is 3. The fraction of sp³-hybridized carbons (Fsp3) is 0.222. The van der Waals surface area contributed by atoms with E-state index >= 15 is 0 Å². The number of carbonyl (C=O) groups excluding carboxylic acids is 1. The van der Waals surface area contributed by atoms with Crippen molar-refractivity contribution < 1.29 is 13.9 Å². The summed E-state index contributed by atoms with van der Waals surface area (Å²) >= 11 is 18.0. The van der Waals surface area contributed by atoms with Crippen LogP contribution in [0.1, 0.15) is 22.0 Å². The number of furan rings is 1. The summed E-state index contributed by atoms with van der Waals surface area (Å²) in [5, 5.41) is 5.49. The van der Waals surface area contributed by atoms with Crippen LogP contribution in [0.4, 0.5) is 0 Å². The van der Waals surface area contributed by atoms with Crippen molar-refractivity contribution >= 4 is 40.7 Å². The highest BCUT2D eigenvalue weighted by Crippen LogP contribution is 2.28. The van der Waals surface area contributed by atoms with E-state index in [1.54, 1.807) is 55.3 Å². The average Bonchev–Trinajstić information content (AvgIpc) is 3.22. The quantitative estimate of drug-likeness (QED) is 0.564. The van der Waals surface area contributed by atoms with Gasteiger partial charge in [-0.15, -0.1) is 0 Å². The number of carbonyl (C=O) groups is 1. The number of aromatic nitrogens is 2. The van der Waals surface area contributed by atoms with Crippen molar-refractivity contribution in [3.05, 3.63) is 68.8 Å². The van der Waals surface area contributed by atoms with Gasteiger partial charge in [0.15, 0.2) is 5.76 Å². The molecule has 1 amide bonds. The summed E-state index contributed by atoms with van der Waals surface area (Å²) < 4.78 is 12.8. The molecule has 3 rings (SSSR count). The zero-order valence-electron chi connectivity index (χ0n) is 14.6. The van der Waals surface area contributed by atoms with Crippen LogP contribution in [0.5, 0.6) is 5.75 Å². The first-order valence-corrected chi connectivity index (χ1v) is 9.07. The Hall–Kier alpha value is -2.15. The van der Waals surface area contributed by atoms with Gasteiger partial charge in [0, 0.05) is 19.1 Å². The molecule has 0 N–H and O–H groups in total. The van der Waals surface area contributed by atoms with Gasteiger partial charge in [0.1, 0.15) is 18.1 Å². The lowest BCUT2D eigenvalue weighted by Gasteiger charge is -2.16. The number of hydrogen-bond donors (Lipinski definition) is 0.